The molecule has 5 aromatic rings. The average molecular weight is 465 g/mol. The van der Waals surface area contributed by atoms with Gasteiger partial charge in [-0.15, -0.1) is 0 Å². The second-order valence-corrected chi connectivity index (χ2v) is 9.01. The molecule has 0 aliphatic rings. The van der Waals surface area contributed by atoms with Crippen LogP contribution >= 0.6 is 0 Å². The zero-order valence-corrected chi connectivity index (χ0v) is 20.5. The zero-order valence-electron chi connectivity index (χ0n) is 20.5. The van der Waals surface area contributed by atoms with Gasteiger partial charge in [0, 0.05) is 11.9 Å². The van der Waals surface area contributed by atoms with Crippen LogP contribution in [0.15, 0.2) is 91.0 Å². The monoisotopic (exact) mass is 464 g/mol. The largest absolute Gasteiger partial charge is 0.494 e. The highest BCUT2D eigenvalue weighted by Gasteiger charge is 2.12. The van der Waals surface area contributed by atoms with Gasteiger partial charge in [-0.25, -0.2) is 4.98 Å². The maximum absolute atomic E-state index is 6.28. The van der Waals surface area contributed by atoms with E-state index in [9.17, 15) is 0 Å². The fraction of sp³-hybridized carbons (Fsp3) is 0.258. The van der Waals surface area contributed by atoms with E-state index in [1.165, 1.54) is 10.9 Å². The molecule has 0 saturated carbocycles. The van der Waals surface area contributed by atoms with Crippen LogP contribution in [0.4, 0.5) is 0 Å². The lowest BCUT2D eigenvalue weighted by molar-refractivity contribution is 0.282. The number of para-hydroxylation sites is 2. The van der Waals surface area contributed by atoms with Crippen molar-refractivity contribution in [1.82, 2.24) is 9.55 Å². The van der Waals surface area contributed by atoms with Crippen molar-refractivity contribution in [2.75, 3.05) is 6.61 Å². The molecule has 1 unspecified atom stereocenters. The summed E-state index contributed by atoms with van der Waals surface area (Å²) in [4.78, 5) is 4.88. The van der Waals surface area contributed by atoms with Crippen molar-refractivity contribution in [3.05, 3.63) is 102 Å². The molecule has 0 radical (unpaired) electrons. The van der Waals surface area contributed by atoms with Gasteiger partial charge in [-0.1, -0.05) is 74.5 Å². The number of benzene rings is 4. The highest BCUT2D eigenvalue weighted by atomic mass is 16.5. The van der Waals surface area contributed by atoms with Crippen LogP contribution in [-0.4, -0.2) is 16.2 Å². The molecule has 4 aromatic carbocycles. The summed E-state index contributed by atoms with van der Waals surface area (Å²) in [5.41, 5.74) is 3.48. The van der Waals surface area contributed by atoms with Crippen LogP contribution < -0.4 is 9.47 Å². The average Bonchev–Trinajstić information content (AvgIpc) is 3.27. The van der Waals surface area contributed by atoms with Crippen LogP contribution in [0.2, 0.25) is 0 Å². The number of rotatable bonds is 10. The van der Waals surface area contributed by atoms with E-state index >= 15 is 0 Å². The Bertz CT molecular complexity index is 1400. The first-order valence-electron chi connectivity index (χ1n) is 12.5. The number of aryl methyl sites for hydroxylation is 1. The van der Waals surface area contributed by atoms with Gasteiger partial charge in [0.2, 0.25) is 0 Å². The number of nitrogens with zero attached hydrogens (tertiary/aromatic N) is 2. The minimum atomic E-state index is 0.417. The number of imidazole rings is 1. The van der Waals surface area contributed by atoms with Gasteiger partial charge >= 0.3 is 0 Å². The van der Waals surface area contributed by atoms with Gasteiger partial charge < -0.3 is 14.0 Å². The van der Waals surface area contributed by atoms with Gasteiger partial charge in [0.25, 0.3) is 0 Å². The van der Waals surface area contributed by atoms with Crippen LogP contribution in [0.3, 0.4) is 0 Å². The lowest BCUT2D eigenvalue weighted by atomic mass is 9.99. The van der Waals surface area contributed by atoms with Gasteiger partial charge in [0.15, 0.2) is 0 Å². The normalized spacial score (nSPS) is 12.2. The van der Waals surface area contributed by atoms with E-state index in [0.29, 0.717) is 19.1 Å². The van der Waals surface area contributed by atoms with Gasteiger partial charge in [0.1, 0.15) is 23.9 Å². The summed E-state index contributed by atoms with van der Waals surface area (Å²) in [5, 5.41) is 2.29. The number of aromatic nitrogens is 2. The lowest BCUT2D eigenvalue weighted by Gasteiger charge is -2.13. The third-order valence-corrected chi connectivity index (χ3v) is 6.70. The summed E-state index contributed by atoms with van der Waals surface area (Å²) < 4.78 is 14.6. The number of hydrogen-bond donors (Lipinski definition) is 0. The van der Waals surface area contributed by atoms with E-state index in [0.717, 1.165) is 53.1 Å². The summed E-state index contributed by atoms with van der Waals surface area (Å²) in [6, 6.07) is 31.2. The van der Waals surface area contributed by atoms with Crippen LogP contribution in [0.1, 0.15) is 44.0 Å². The highest BCUT2D eigenvalue weighted by Crippen LogP contribution is 2.27. The molecule has 5 rings (SSSR count). The Morgan fingerprint density at radius 2 is 1.60 bits per heavy atom. The van der Waals surface area contributed by atoms with Crippen molar-refractivity contribution in [1.29, 1.82) is 0 Å². The molecule has 0 saturated heterocycles. The molecule has 0 fully saturated rings. The van der Waals surface area contributed by atoms with E-state index < -0.39 is 0 Å². The second kappa shape index (κ2) is 10.6. The fourth-order valence-corrected chi connectivity index (χ4v) is 4.49. The summed E-state index contributed by atoms with van der Waals surface area (Å²) in [7, 11) is 0. The first kappa shape index (κ1) is 23.0. The Kier molecular flexibility index (Phi) is 6.99. The molecule has 1 heterocycles. The molecular weight excluding hydrogens is 432 g/mol. The SMILES string of the molecule is CCC(C)c1ccc(OCCCn2c(COc3cccc4ccccc34)nc3ccccc32)cc1. The molecule has 35 heavy (non-hydrogen) atoms. The van der Waals surface area contributed by atoms with E-state index in [-0.39, 0.29) is 0 Å². The molecule has 0 spiro atoms. The quantitative estimate of drug-likeness (QED) is 0.198. The van der Waals surface area contributed by atoms with Crippen LogP contribution in [0.5, 0.6) is 11.5 Å². The van der Waals surface area contributed by atoms with Gasteiger partial charge in [-0.2, -0.15) is 0 Å². The van der Waals surface area contributed by atoms with E-state index in [1.54, 1.807) is 0 Å². The molecular formula is C31H32N2O2. The molecule has 1 aromatic heterocycles. The summed E-state index contributed by atoms with van der Waals surface area (Å²) in [6.45, 7) is 6.36. The highest BCUT2D eigenvalue weighted by molar-refractivity contribution is 5.88. The van der Waals surface area contributed by atoms with Crippen molar-refractivity contribution in [3.8, 4) is 11.5 Å². The first-order valence-corrected chi connectivity index (χ1v) is 12.5. The van der Waals surface area contributed by atoms with E-state index in [2.05, 4.69) is 79.1 Å². The molecule has 0 bridgehead atoms. The molecule has 0 amide bonds. The number of fused-ring (bicyclic) bond motifs is 2. The number of hydrogen-bond acceptors (Lipinski definition) is 3. The summed E-state index contributed by atoms with van der Waals surface area (Å²) in [6.07, 6.45) is 2.03. The molecule has 0 N–H and O–H groups in total. The predicted molar refractivity (Wildman–Crippen MR) is 143 cm³/mol. The van der Waals surface area contributed by atoms with Crippen molar-refractivity contribution in [3.63, 3.8) is 0 Å². The maximum Gasteiger partial charge on any atom is 0.148 e. The van der Waals surface area contributed by atoms with Gasteiger partial charge in [-0.3, -0.25) is 0 Å². The third kappa shape index (κ3) is 5.17. The first-order chi connectivity index (χ1) is 17.2. The molecule has 4 heteroatoms. The Labute approximate surface area is 207 Å². The minimum absolute atomic E-state index is 0.417. The Morgan fingerprint density at radius 1 is 0.829 bits per heavy atom. The Balaban J connectivity index is 1.26. The van der Waals surface area contributed by atoms with Gasteiger partial charge in [0.05, 0.1) is 17.6 Å². The maximum atomic E-state index is 6.28. The smallest absolute Gasteiger partial charge is 0.148 e. The van der Waals surface area contributed by atoms with Crippen LogP contribution in [-0.2, 0) is 13.2 Å². The standard InChI is InChI=1S/C31H32N2O2/c1-3-23(2)24-16-18-26(19-17-24)34-21-9-20-33-29-14-7-6-13-28(29)32-31(33)22-35-30-15-8-11-25-10-4-5-12-27(25)30/h4-8,10-19,23H,3,9,20-22H2,1-2H3. The van der Waals surface area contributed by atoms with Crippen LogP contribution in [0.25, 0.3) is 21.8 Å². The number of ether oxygens (including phenoxy) is 2. The van der Waals surface area contributed by atoms with E-state index in [4.69, 9.17) is 14.5 Å². The molecule has 178 valence electrons. The van der Waals surface area contributed by atoms with Crippen molar-refractivity contribution in [2.45, 2.75) is 45.8 Å². The van der Waals surface area contributed by atoms with Crippen molar-refractivity contribution in [2.24, 2.45) is 0 Å². The summed E-state index contributed by atoms with van der Waals surface area (Å²) >= 11 is 0. The van der Waals surface area contributed by atoms with Gasteiger partial charge in [-0.05, 0) is 60.0 Å². The van der Waals surface area contributed by atoms with Crippen molar-refractivity contribution >= 4 is 21.8 Å². The zero-order chi connectivity index (χ0) is 24.0. The third-order valence-electron chi connectivity index (χ3n) is 6.70. The van der Waals surface area contributed by atoms with E-state index in [1.807, 2.05) is 30.3 Å². The molecule has 0 aliphatic heterocycles. The predicted octanol–water partition coefficient (Wildman–Crippen LogP) is 7.75. The Hall–Kier alpha value is -3.79. The van der Waals surface area contributed by atoms with Crippen molar-refractivity contribution < 1.29 is 9.47 Å². The second-order valence-electron chi connectivity index (χ2n) is 9.01. The molecule has 0 aliphatic carbocycles. The fourth-order valence-electron chi connectivity index (χ4n) is 4.49. The minimum Gasteiger partial charge on any atom is -0.494 e. The van der Waals surface area contributed by atoms with Crippen LogP contribution in [0, 0.1) is 0 Å². The topological polar surface area (TPSA) is 36.3 Å². The Morgan fingerprint density at radius 3 is 2.46 bits per heavy atom. The molecule has 1 atom stereocenters. The molecule has 4 nitrogen and oxygen atoms in total. The summed E-state index contributed by atoms with van der Waals surface area (Å²) in [5.74, 6) is 3.31. The lowest BCUT2D eigenvalue weighted by Crippen LogP contribution is -2.10.